The van der Waals surface area contributed by atoms with E-state index in [1.54, 1.807) is 14.2 Å². The van der Waals surface area contributed by atoms with Crippen LogP contribution in [0.1, 0.15) is 52.4 Å². The molecule has 1 rings (SSSR count). The van der Waals surface area contributed by atoms with Crippen LogP contribution in [0.2, 0.25) is 0 Å². The molecule has 0 radical (unpaired) electrons. The maximum absolute atomic E-state index is 6.24. The van der Waals surface area contributed by atoms with E-state index in [1.165, 1.54) is 38.5 Å². The van der Waals surface area contributed by atoms with Crippen LogP contribution < -0.4 is 5.73 Å². The topological polar surface area (TPSA) is 47.7 Å². The standard InChI is InChI=1S/C17H36N2O2/c1-5-6-16-7-9-17(14-18,10-8-16)19(11-12-20-3)15(2)13-21-4/h15-16H,5-14,18H2,1-4H3. The van der Waals surface area contributed by atoms with Crippen LogP contribution in [0.15, 0.2) is 0 Å². The summed E-state index contributed by atoms with van der Waals surface area (Å²) >= 11 is 0. The van der Waals surface area contributed by atoms with E-state index >= 15 is 0 Å². The Morgan fingerprint density at radius 2 is 1.90 bits per heavy atom. The van der Waals surface area contributed by atoms with Crippen molar-refractivity contribution in [3.8, 4) is 0 Å². The van der Waals surface area contributed by atoms with Gasteiger partial charge >= 0.3 is 0 Å². The Kier molecular flexibility index (Phi) is 8.79. The first-order valence-corrected chi connectivity index (χ1v) is 8.58. The Morgan fingerprint density at radius 1 is 1.24 bits per heavy atom. The second-order valence-electron chi connectivity index (χ2n) is 6.65. The summed E-state index contributed by atoms with van der Waals surface area (Å²) in [6.07, 6.45) is 7.72. The predicted octanol–water partition coefficient (Wildman–Crippen LogP) is 2.66. The molecule has 0 bridgehead atoms. The van der Waals surface area contributed by atoms with Crippen LogP contribution in [-0.4, -0.2) is 57.0 Å². The zero-order valence-corrected chi connectivity index (χ0v) is 14.6. The molecule has 0 spiro atoms. The van der Waals surface area contributed by atoms with E-state index in [1.807, 2.05) is 0 Å². The molecule has 0 aromatic heterocycles. The van der Waals surface area contributed by atoms with Gasteiger partial charge in [-0.15, -0.1) is 0 Å². The van der Waals surface area contributed by atoms with Crippen molar-refractivity contribution in [1.82, 2.24) is 4.90 Å². The van der Waals surface area contributed by atoms with Gasteiger partial charge in [0.25, 0.3) is 0 Å². The highest BCUT2D eigenvalue weighted by molar-refractivity contribution is 4.97. The monoisotopic (exact) mass is 300 g/mol. The van der Waals surface area contributed by atoms with Crippen molar-refractivity contribution >= 4 is 0 Å². The van der Waals surface area contributed by atoms with Crippen LogP contribution in [0.4, 0.5) is 0 Å². The lowest BCUT2D eigenvalue weighted by atomic mass is 9.73. The van der Waals surface area contributed by atoms with Gasteiger partial charge in [-0.05, 0) is 38.5 Å². The van der Waals surface area contributed by atoms with Crippen molar-refractivity contribution in [2.45, 2.75) is 64.0 Å². The van der Waals surface area contributed by atoms with Gasteiger partial charge in [0.1, 0.15) is 0 Å². The van der Waals surface area contributed by atoms with Crippen molar-refractivity contribution in [1.29, 1.82) is 0 Å². The Hall–Kier alpha value is -0.160. The minimum absolute atomic E-state index is 0.140. The zero-order chi connectivity index (χ0) is 15.7. The summed E-state index contributed by atoms with van der Waals surface area (Å²) in [6, 6.07) is 0.386. The second kappa shape index (κ2) is 9.78. The molecule has 1 aliphatic carbocycles. The van der Waals surface area contributed by atoms with Gasteiger partial charge in [-0.25, -0.2) is 0 Å². The molecule has 1 atom stereocenters. The molecule has 21 heavy (non-hydrogen) atoms. The SMILES string of the molecule is CCCC1CCC(CN)(N(CCOC)C(C)COC)CC1. The predicted molar refractivity (Wildman–Crippen MR) is 88.6 cm³/mol. The number of methoxy groups -OCH3 is 2. The number of nitrogens with zero attached hydrogens (tertiary/aromatic N) is 1. The van der Waals surface area contributed by atoms with Gasteiger partial charge in [0.15, 0.2) is 0 Å². The van der Waals surface area contributed by atoms with Crippen LogP contribution in [-0.2, 0) is 9.47 Å². The van der Waals surface area contributed by atoms with Crippen molar-refractivity contribution in [2.75, 3.05) is 40.5 Å². The molecule has 2 N–H and O–H groups in total. The number of hydrogen-bond donors (Lipinski definition) is 1. The quantitative estimate of drug-likeness (QED) is 0.674. The lowest BCUT2D eigenvalue weighted by Gasteiger charge is -2.50. The third-order valence-corrected chi connectivity index (χ3v) is 5.20. The fraction of sp³-hybridized carbons (Fsp3) is 1.00. The average Bonchev–Trinajstić information content (AvgIpc) is 2.50. The lowest BCUT2D eigenvalue weighted by molar-refractivity contribution is -0.0263. The summed E-state index contributed by atoms with van der Waals surface area (Å²) in [5, 5.41) is 0. The van der Waals surface area contributed by atoms with Gasteiger partial charge in [-0.3, -0.25) is 4.90 Å². The van der Waals surface area contributed by atoms with Crippen LogP contribution >= 0.6 is 0 Å². The molecule has 4 nitrogen and oxygen atoms in total. The fourth-order valence-corrected chi connectivity index (χ4v) is 3.97. The largest absolute Gasteiger partial charge is 0.383 e. The molecule has 1 unspecified atom stereocenters. The maximum atomic E-state index is 6.24. The first-order chi connectivity index (χ1) is 10.1. The van der Waals surface area contributed by atoms with Crippen molar-refractivity contribution < 1.29 is 9.47 Å². The molecule has 1 saturated carbocycles. The maximum Gasteiger partial charge on any atom is 0.0615 e. The van der Waals surface area contributed by atoms with Gasteiger partial charge in [-0.2, -0.15) is 0 Å². The first kappa shape index (κ1) is 18.9. The molecule has 0 heterocycles. The highest BCUT2D eigenvalue weighted by Crippen LogP contribution is 2.38. The van der Waals surface area contributed by atoms with E-state index in [0.29, 0.717) is 6.04 Å². The number of ether oxygens (including phenoxy) is 2. The number of hydrogen-bond acceptors (Lipinski definition) is 4. The summed E-state index contributed by atoms with van der Waals surface area (Å²) in [4.78, 5) is 2.56. The zero-order valence-electron chi connectivity index (χ0n) is 14.6. The molecule has 0 amide bonds. The second-order valence-corrected chi connectivity index (χ2v) is 6.65. The first-order valence-electron chi connectivity index (χ1n) is 8.58. The van der Waals surface area contributed by atoms with E-state index in [2.05, 4.69) is 18.7 Å². The number of rotatable bonds is 10. The van der Waals surface area contributed by atoms with E-state index < -0.39 is 0 Å². The third kappa shape index (κ3) is 5.20. The highest BCUT2D eigenvalue weighted by atomic mass is 16.5. The molecule has 0 saturated heterocycles. The van der Waals surface area contributed by atoms with Gasteiger partial charge in [0.05, 0.1) is 13.2 Å². The molecule has 126 valence electrons. The summed E-state index contributed by atoms with van der Waals surface area (Å²) in [6.45, 7) is 7.73. The van der Waals surface area contributed by atoms with Crippen molar-refractivity contribution in [3.63, 3.8) is 0 Å². The molecular formula is C17H36N2O2. The summed E-state index contributed by atoms with van der Waals surface area (Å²) in [7, 11) is 3.55. The smallest absolute Gasteiger partial charge is 0.0615 e. The van der Waals surface area contributed by atoms with Crippen molar-refractivity contribution in [2.24, 2.45) is 11.7 Å². The van der Waals surface area contributed by atoms with Gasteiger partial charge in [0, 0.05) is 38.9 Å². The summed E-state index contributed by atoms with van der Waals surface area (Å²) in [5.41, 5.74) is 6.38. The molecule has 0 aromatic rings. The van der Waals surface area contributed by atoms with E-state index in [-0.39, 0.29) is 5.54 Å². The normalized spacial score (nSPS) is 28.0. The van der Waals surface area contributed by atoms with E-state index in [0.717, 1.165) is 32.2 Å². The van der Waals surface area contributed by atoms with Gasteiger partial charge in [0.2, 0.25) is 0 Å². The van der Waals surface area contributed by atoms with Crippen LogP contribution in [0.25, 0.3) is 0 Å². The minimum Gasteiger partial charge on any atom is -0.383 e. The Labute approximate surface area is 131 Å². The lowest BCUT2D eigenvalue weighted by Crippen LogP contribution is -2.60. The Bertz CT molecular complexity index is 266. The van der Waals surface area contributed by atoms with Gasteiger partial charge < -0.3 is 15.2 Å². The fourth-order valence-electron chi connectivity index (χ4n) is 3.97. The van der Waals surface area contributed by atoms with Crippen LogP contribution in [0, 0.1) is 5.92 Å². The average molecular weight is 300 g/mol. The Balaban J connectivity index is 2.75. The molecule has 4 heteroatoms. The van der Waals surface area contributed by atoms with Crippen molar-refractivity contribution in [3.05, 3.63) is 0 Å². The number of nitrogens with two attached hydrogens (primary N) is 1. The summed E-state index contributed by atoms with van der Waals surface area (Å²) < 4.78 is 10.7. The van der Waals surface area contributed by atoms with E-state index in [9.17, 15) is 0 Å². The van der Waals surface area contributed by atoms with Crippen LogP contribution in [0.5, 0.6) is 0 Å². The van der Waals surface area contributed by atoms with E-state index in [4.69, 9.17) is 15.2 Å². The molecule has 0 aliphatic heterocycles. The molecule has 0 aromatic carbocycles. The minimum atomic E-state index is 0.140. The molecular weight excluding hydrogens is 264 g/mol. The Morgan fingerprint density at radius 3 is 2.38 bits per heavy atom. The summed E-state index contributed by atoms with van der Waals surface area (Å²) in [5.74, 6) is 0.900. The van der Waals surface area contributed by atoms with Crippen LogP contribution in [0.3, 0.4) is 0 Å². The third-order valence-electron chi connectivity index (χ3n) is 5.20. The highest BCUT2D eigenvalue weighted by Gasteiger charge is 2.40. The van der Waals surface area contributed by atoms with Gasteiger partial charge in [-0.1, -0.05) is 19.8 Å². The molecule has 1 fully saturated rings. The molecule has 1 aliphatic rings.